The molecule has 1 saturated carbocycles. The molecule has 182 valence electrons. The normalized spacial score (nSPS) is 20.4. The summed E-state index contributed by atoms with van der Waals surface area (Å²) < 4.78 is 13.2. The van der Waals surface area contributed by atoms with Crippen molar-refractivity contribution in [1.29, 1.82) is 0 Å². The number of rotatable bonds is 10. The van der Waals surface area contributed by atoms with Gasteiger partial charge in [0.05, 0.1) is 11.4 Å². The molecule has 1 aromatic heterocycles. The second-order valence-electron chi connectivity index (χ2n) is 10.3. The lowest BCUT2D eigenvalue weighted by Gasteiger charge is -2.26. The summed E-state index contributed by atoms with van der Waals surface area (Å²) in [6.45, 7) is 0. The van der Waals surface area contributed by atoms with Gasteiger partial charge in [0.25, 0.3) is 0 Å². The topological polar surface area (TPSA) is 42.9 Å². The zero-order valence-electron chi connectivity index (χ0n) is 20.5. The van der Waals surface area contributed by atoms with Crippen molar-refractivity contribution in [3.63, 3.8) is 0 Å². The van der Waals surface area contributed by atoms with E-state index in [1.807, 2.05) is 6.07 Å². The van der Waals surface area contributed by atoms with Gasteiger partial charge in [-0.15, -0.1) is 0 Å². The Labute approximate surface area is 204 Å². The number of benzene rings is 1. The Morgan fingerprint density at radius 2 is 1.82 bits per heavy atom. The van der Waals surface area contributed by atoms with Gasteiger partial charge in [0.1, 0.15) is 17.9 Å². The van der Waals surface area contributed by atoms with E-state index in [0.717, 1.165) is 56.4 Å². The Morgan fingerprint density at radius 1 is 1.00 bits per heavy atom. The molecule has 0 aliphatic heterocycles. The Morgan fingerprint density at radius 3 is 2.65 bits per heavy atom. The van der Waals surface area contributed by atoms with E-state index in [0.29, 0.717) is 18.1 Å². The van der Waals surface area contributed by atoms with Gasteiger partial charge in [-0.3, -0.25) is 4.79 Å². The third-order valence-corrected chi connectivity index (χ3v) is 7.67. The van der Waals surface area contributed by atoms with E-state index in [4.69, 9.17) is 4.98 Å². The van der Waals surface area contributed by atoms with Crippen LogP contribution in [0.5, 0.6) is 0 Å². The van der Waals surface area contributed by atoms with E-state index in [1.165, 1.54) is 68.0 Å². The fourth-order valence-corrected chi connectivity index (χ4v) is 5.79. The van der Waals surface area contributed by atoms with Crippen molar-refractivity contribution in [2.24, 2.45) is 5.92 Å². The molecule has 4 heteroatoms. The molecule has 2 aromatic rings. The molecular formula is C30H39FN2O. The molecule has 1 heterocycles. The highest BCUT2D eigenvalue weighted by Gasteiger charge is 2.23. The summed E-state index contributed by atoms with van der Waals surface area (Å²) in [5, 5.41) is 0. The van der Waals surface area contributed by atoms with Gasteiger partial charge < -0.3 is 0 Å². The number of hydrogen-bond donors (Lipinski definition) is 0. The number of halogens is 1. The van der Waals surface area contributed by atoms with Crippen LogP contribution in [0.2, 0.25) is 0 Å². The molecule has 2 aliphatic rings. The third kappa shape index (κ3) is 7.32. The molecule has 0 unspecified atom stereocenters. The standard InChI is InChI=1S/C30H39FN2O/c31-26-16-7-13-24(21-26)9-1-2-17-27(34)18-8-12-23-10-5-14-25(15-6-11-23)30-28-19-3-4-20-29(28)32-22-33-30/h3,7,13,16,19,21-23,25H,1-2,4-6,8-12,14-15,17-18,20H2. The van der Waals surface area contributed by atoms with Gasteiger partial charge in [-0.2, -0.15) is 0 Å². The first-order valence-electron chi connectivity index (χ1n) is 13.5. The zero-order valence-corrected chi connectivity index (χ0v) is 20.5. The van der Waals surface area contributed by atoms with Gasteiger partial charge in [-0.05, 0) is 75.0 Å². The molecule has 1 aromatic carbocycles. The van der Waals surface area contributed by atoms with Gasteiger partial charge in [-0.25, -0.2) is 14.4 Å². The Kier molecular flexibility index (Phi) is 9.41. The maximum Gasteiger partial charge on any atom is 0.132 e. The van der Waals surface area contributed by atoms with Crippen LogP contribution in [0.25, 0.3) is 6.08 Å². The number of unbranched alkanes of at least 4 members (excludes halogenated alkanes) is 1. The Bertz CT molecular complexity index is 960. The molecule has 0 saturated heterocycles. The molecule has 0 amide bonds. The average molecular weight is 463 g/mol. The molecule has 0 bridgehead atoms. The van der Waals surface area contributed by atoms with Crippen molar-refractivity contribution in [3.8, 4) is 0 Å². The highest BCUT2D eigenvalue weighted by molar-refractivity contribution is 5.78. The Balaban J connectivity index is 1.12. The number of aromatic nitrogens is 2. The third-order valence-electron chi connectivity index (χ3n) is 7.67. The summed E-state index contributed by atoms with van der Waals surface area (Å²) in [6.07, 6.45) is 22.2. The summed E-state index contributed by atoms with van der Waals surface area (Å²) >= 11 is 0. The van der Waals surface area contributed by atoms with Crippen LogP contribution < -0.4 is 0 Å². The van der Waals surface area contributed by atoms with Crippen LogP contribution in [-0.4, -0.2) is 15.8 Å². The van der Waals surface area contributed by atoms with E-state index in [2.05, 4.69) is 17.1 Å². The molecule has 34 heavy (non-hydrogen) atoms. The molecule has 4 rings (SSSR count). The zero-order chi connectivity index (χ0) is 23.6. The van der Waals surface area contributed by atoms with Crippen molar-refractivity contribution in [3.05, 3.63) is 65.0 Å². The average Bonchev–Trinajstić information content (AvgIpc) is 2.83. The molecule has 1 fully saturated rings. The quantitative estimate of drug-likeness (QED) is 0.339. The van der Waals surface area contributed by atoms with E-state index in [9.17, 15) is 9.18 Å². The second kappa shape index (κ2) is 12.9. The monoisotopic (exact) mass is 462 g/mol. The minimum Gasteiger partial charge on any atom is -0.300 e. The molecule has 0 atom stereocenters. The van der Waals surface area contributed by atoms with Gasteiger partial charge >= 0.3 is 0 Å². The number of fused-ring (bicyclic) bond motifs is 1. The largest absolute Gasteiger partial charge is 0.300 e. The molecule has 0 radical (unpaired) electrons. The summed E-state index contributed by atoms with van der Waals surface area (Å²) in [4.78, 5) is 21.5. The van der Waals surface area contributed by atoms with E-state index >= 15 is 0 Å². The van der Waals surface area contributed by atoms with Crippen LogP contribution in [0, 0.1) is 11.7 Å². The first kappa shape index (κ1) is 24.8. The van der Waals surface area contributed by atoms with E-state index in [-0.39, 0.29) is 5.82 Å². The summed E-state index contributed by atoms with van der Waals surface area (Å²) in [7, 11) is 0. The summed E-state index contributed by atoms with van der Waals surface area (Å²) in [5.41, 5.74) is 4.83. The van der Waals surface area contributed by atoms with Crippen LogP contribution in [0.3, 0.4) is 0 Å². The smallest absolute Gasteiger partial charge is 0.132 e. The van der Waals surface area contributed by atoms with Crippen molar-refractivity contribution in [2.45, 2.75) is 102 Å². The van der Waals surface area contributed by atoms with E-state index in [1.54, 1.807) is 18.5 Å². The lowest BCUT2D eigenvalue weighted by atomic mass is 9.81. The first-order valence-corrected chi connectivity index (χ1v) is 13.5. The number of hydrogen-bond acceptors (Lipinski definition) is 3. The molecule has 2 aliphatic carbocycles. The molecular weight excluding hydrogens is 423 g/mol. The number of carbonyl (C=O) groups is 1. The van der Waals surface area contributed by atoms with Gasteiger partial charge in [0.2, 0.25) is 0 Å². The SMILES string of the molecule is O=C(CCCCc1cccc(F)c1)CCCC1CCCC(c2ncnc3c2C=CCC3)CCC1. The highest BCUT2D eigenvalue weighted by atomic mass is 19.1. The predicted octanol–water partition coefficient (Wildman–Crippen LogP) is 7.78. The van der Waals surface area contributed by atoms with Crippen LogP contribution in [-0.2, 0) is 17.6 Å². The second-order valence-corrected chi connectivity index (χ2v) is 10.3. The number of nitrogens with zero attached hydrogens (tertiary/aromatic N) is 2. The minimum atomic E-state index is -0.177. The number of aryl methyl sites for hydroxylation is 2. The highest BCUT2D eigenvalue weighted by Crippen LogP contribution is 2.36. The van der Waals surface area contributed by atoms with Crippen molar-refractivity contribution >= 4 is 11.9 Å². The fraction of sp³-hybridized carbons (Fsp3) is 0.567. The van der Waals surface area contributed by atoms with Crippen molar-refractivity contribution in [1.82, 2.24) is 9.97 Å². The lowest BCUT2D eigenvalue weighted by Crippen LogP contribution is -2.13. The maximum absolute atomic E-state index is 13.2. The van der Waals surface area contributed by atoms with Crippen LogP contribution in [0.15, 0.2) is 36.7 Å². The van der Waals surface area contributed by atoms with Crippen LogP contribution in [0.4, 0.5) is 4.39 Å². The van der Waals surface area contributed by atoms with Gasteiger partial charge in [-0.1, -0.05) is 56.4 Å². The first-order chi connectivity index (χ1) is 16.7. The predicted molar refractivity (Wildman–Crippen MR) is 136 cm³/mol. The van der Waals surface area contributed by atoms with Crippen molar-refractivity contribution < 1.29 is 9.18 Å². The molecule has 3 nitrogen and oxygen atoms in total. The van der Waals surface area contributed by atoms with E-state index < -0.39 is 0 Å². The van der Waals surface area contributed by atoms with Gasteiger partial charge in [0, 0.05) is 24.3 Å². The Hall–Kier alpha value is -2.36. The number of Topliss-reactive ketones (excluding diaryl/α,β-unsaturated/α-hetero) is 1. The fourth-order valence-electron chi connectivity index (χ4n) is 5.79. The van der Waals surface area contributed by atoms with Crippen LogP contribution >= 0.6 is 0 Å². The number of allylic oxidation sites excluding steroid dienone is 1. The summed E-state index contributed by atoms with van der Waals surface area (Å²) in [6, 6.07) is 6.79. The number of carbonyl (C=O) groups excluding carboxylic acids is 1. The van der Waals surface area contributed by atoms with Crippen LogP contribution in [0.1, 0.15) is 112 Å². The van der Waals surface area contributed by atoms with Crippen molar-refractivity contribution in [2.75, 3.05) is 0 Å². The molecule has 0 N–H and O–H groups in total. The lowest BCUT2D eigenvalue weighted by molar-refractivity contribution is -0.119. The number of ketones is 1. The van der Waals surface area contributed by atoms with Gasteiger partial charge in [0.15, 0.2) is 0 Å². The summed E-state index contributed by atoms with van der Waals surface area (Å²) in [5.74, 6) is 1.55. The maximum atomic E-state index is 13.2. The molecule has 0 spiro atoms. The minimum absolute atomic E-state index is 0.177.